The van der Waals surface area contributed by atoms with Crippen molar-refractivity contribution < 1.29 is 73.9 Å². The van der Waals surface area contributed by atoms with Gasteiger partial charge in [0.1, 0.15) is 46.2 Å². The van der Waals surface area contributed by atoms with Gasteiger partial charge in [0.15, 0.2) is 5.69 Å². The topological polar surface area (TPSA) is 326 Å². The molecule has 16 aromatic rings. The van der Waals surface area contributed by atoms with Crippen LogP contribution in [-0.2, 0) is 63.5 Å². The average Bonchev–Trinajstić information content (AvgIpc) is 1.63. The SMILES string of the molecule is CC(C)(C)c1ccc(S(=O)(=O)Nc2cc(C(F)F)nn2-c2cccc3ncccc23)cc1.CC(C)Oc1ccc(S(=O)(=O)Nc2cc(C(F)(F)F)nn2-c2cccc3cnccc23)cc1.CC(C)Oc1ccc(S(=O)(=O)Nc2cc(C(F)F)nn2-c2cccc3ncccc23)cc1.CCc1cc(NS(=O)(=O)c2ccc(C(C)(C)C)cc2)n(-c2cccc3ncccc23)n1. The van der Waals surface area contributed by atoms with Gasteiger partial charge in [0.05, 0.1) is 76.8 Å². The summed E-state index contributed by atoms with van der Waals surface area (Å²) in [6.07, 6.45) is -1.98. The lowest BCUT2D eigenvalue weighted by molar-refractivity contribution is -0.141. The molecule has 8 heterocycles. The van der Waals surface area contributed by atoms with Crippen LogP contribution in [0.4, 0.5) is 54.0 Å². The zero-order valence-electron chi connectivity index (χ0n) is 70.6. The number of hydrogen-bond donors (Lipinski definition) is 4. The van der Waals surface area contributed by atoms with Crippen molar-refractivity contribution in [2.24, 2.45) is 0 Å². The smallest absolute Gasteiger partial charge is 0.435 e. The van der Waals surface area contributed by atoms with Gasteiger partial charge in [-0.1, -0.05) is 103 Å². The van der Waals surface area contributed by atoms with Crippen LogP contribution in [0.3, 0.4) is 0 Å². The molecular weight excluding hydrogens is 1740 g/mol. The maximum atomic E-state index is 13.4. The summed E-state index contributed by atoms with van der Waals surface area (Å²) in [4.78, 5) is 17.0. The number of anilines is 4. The van der Waals surface area contributed by atoms with Crippen LogP contribution in [0, 0.1) is 0 Å². The van der Waals surface area contributed by atoms with E-state index in [-0.39, 0.29) is 65.8 Å². The third-order valence-corrected chi connectivity index (χ3v) is 25.0. The van der Waals surface area contributed by atoms with Crippen LogP contribution < -0.4 is 28.4 Å². The number of hydrogen-bond acceptors (Lipinski definition) is 18. The minimum atomic E-state index is -4.77. The number of sulfonamides is 4. The van der Waals surface area contributed by atoms with E-state index in [0.717, 1.165) is 54.9 Å². The molecule has 0 unspecified atom stereocenters. The monoisotopic (exact) mass is 1820 g/mol. The second kappa shape index (κ2) is 37.5. The second-order valence-electron chi connectivity index (χ2n) is 31.6. The summed E-state index contributed by atoms with van der Waals surface area (Å²) in [5.74, 6) is 0.836. The molecule has 8 aromatic carbocycles. The Morgan fingerprint density at radius 2 is 0.695 bits per heavy atom. The van der Waals surface area contributed by atoms with Gasteiger partial charge >= 0.3 is 6.18 Å². The predicted octanol–water partition coefficient (Wildman–Crippen LogP) is 20.5. The van der Waals surface area contributed by atoms with Crippen LogP contribution in [0.5, 0.6) is 11.5 Å². The minimum Gasteiger partial charge on any atom is -0.491 e. The van der Waals surface area contributed by atoms with Crippen molar-refractivity contribution in [3.05, 3.63) is 301 Å². The number of benzene rings is 8. The predicted molar refractivity (Wildman–Crippen MR) is 478 cm³/mol. The first-order valence-electron chi connectivity index (χ1n) is 39.8. The van der Waals surface area contributed by atoms with E-state index in [1.807, 2.05) is 97.9 Å². The summed E-state index contributed by atoms with van der Waals surface area (Å²) < 4.78 is 224. The van der Waals surface area contributed by atoms with Crippen molar-refractivity contribution in [2.45, 2.75) is 144 Å². The molecule has 16 rings (SSSR count). The van der Waals surface area contributed by atoms with E-state index >= 15 is 0 Å². The molecule has 0 radical (unpaired) electrons. The molecule has 8 aromatic heterocycles. The summed E-state index contributed by atoms with van der Waals surface area (Å²) in [6.45, 7) is 21.7. The number of aromatic nitrogens is 12. The highest BCUT2D eigenvalue weighted by Gasteiger charge is 2.37. The standard InChI is InChI=1S/C24H26N4O2S.C23H22F2N4O2S.C22H19F3N4O3S.C22H20F2N4O3S/c1-5-18-16-23(27-31(29,30)19-13-11-17(12-14-19)24(2,3)4)28(26-18)22-10-6-9-21-20(22)8-7-15-25-21;1-23(2,3)15-9-11-16(12-10-15)32(30,31)28-21-14-19(22(24)25)27-29(21)20-8-4-7-18-17(20)6-5-13-26-18;1-14(2)32-16-6-8-17(9-7-16)33(30,31)28-21-12-20(22(23,24)25)27-29(21)19-5-3-4-15-13-26-11-10-18(15)19;1-14(2)31-15-8-10-16(11-9-15)32(29,30)27-21-13-19(22(23)24)26-28(21)20-7-3-6-18-17(20)5-4-12-25-18/h6-16,27H,5H2,1-4H3;4-14,22,28H,1-3H3;3-14,28H,1-2H3;3-14,22,27H,1-2H3. The Kier molecular flexibility index (Phi) is 27.0. The first kappa shape index (κ1) is 92.0. The van der Waals surface area contributed by atoms with Gasteiger partial charge in [-0.15, -0.1) is 0 Å². The first-order valence-corrected chi connectivity index (χ1v) is 45.7. The van der Waals surface area contributed by atoms with Crippen molar-refractivity contribution in [2.75, 3.05) is 18.9 Å². The van der Waals surface area contributed by atoms with Crippen molar-refractivity contribution >= 4 is 107 Å². The van der Waals surface area contributed by atoms with E-state index in [0.29, 0.717) is 73.8 Å². The molecule has 664 valence electrons. The molecule has 0 bridgehead atoms. The van der Waals surface area contributed by atoms with E-state index < -0.39 is 76.2 Å². The van der Waals surface area contributed by atoms with Crippen LogP contribution in [0.1, 0.15) is 123 Å². The maximum absolute atomic E-state index is 13.4. The molecule has 0 fully saturated rings. The lowest BCUT2D eigenvalue weighted by atomic mass is 9.87. The number of rotatable bonds is 23. The van der Waals surface area contributed by atoms with Gasteiger partial charge in [0.2, 0.25) is 0 Å². The summed E-state index contributed by atoms with van der Waals surface area (Å²) in [5.41, 5.74) is 4.30. The fourth-order valence-electron chi connectivity index (χ4n) is 13.3. The Balaban J connectivity index is 0.000000146. The van der Waals surface area contributed by atoms with Gasteiger partial charge in [-0.05, 0) is 214 Å². The molecule has 0 amide bonds. The molecule has 0 saturated heterocycles. The van der Waals surface area contributed by atoms with Gasteiger partial charge in [0, 0.05) is 82.2 Å². The number of nitrogens with one attached hydrogen (secondary N) is 4. The van der Waals surface area contributed by atoms with Crippen LogP contribution in [0.2, 0.25) is 0 Å². The highest BCUT2D eigenvalue weighted by molar-refractivity contribution is 7.93. The Labute approximate surface area is 734 Å². The number of pyridine rings is 4. The minimum absolute atomic E-state index is 0.0245. The van der Waals surface area contributed by atoms with Crippen LogP contribution in [0.25, 0.3) is 66.2 Å². The Bertz CT molecular complexity index is 7150. The quantitative estimate of drug-likeness (QED) is 0.0432. The molecule has 0 aliphatic rings. The van der Waals surface area contributed by atoms with Gasteiger partial charge in [-0.2, -0.15) is 33.6 Å². The Morgan fingerprint density at radius 3 is 1.04 bits per heavy atom. The molecule has 26 nitrogen and oxygen atoms in total. The third-order valence-electron chi connectivity index (χ3n) is 19.5. The maximum Gasteiger partial charge on any atom is 0.435 e. The van der Waals surface area contributed by atoms with Crippen molar-refractivity contribution in [1.29, 1.82) is 0 Å². The molecule has 0 aliphatic carbocycles. The molecular formula is C91H87F7N16O10S4. The normalized spacial score (nSPS) is 12.2. The fraction of sp³-hybridized carbons (Fsp3) is 0.209. The van der Waals surface area contributed by atoms with E-state index in [4.69, 9.17) is 9.47 Å². The summed E-state index contributed by atoms with van der Waals surface area (Å²) in [5, 5.41) is 19.6. The van der Waals surface area contributed by atoms with Gasteiger partial charge in [-0.25, -0.2) is 70.0 Å². The number of halogens is 7. The average molecular weight is 1830 g/mol. The van der Waals surface area contributed by atoms with E-state index in [1.54, 1.807) is 145 Å². The molecule has 0 spiro atoms. The number of alkyl halides is 7. The van der Waals surface area contributed by atoms with Crippen LogP contribution in [-0.4, -0.2) is 105 Å². The molecule has 0 atom stereocenters. The molecule has 0 aliphatic heterocycles. The summed E-state index contributed by atoms with van der Waals surface area (Å²) in [7, 11) is -16.1. The number of ether oxygens (including phenoxy) is 2. The molecule has 128 heavy (non-hydrogen) atoms. The van der Waals surface area contributed by atoms with Crippen LogP contribution in [0.15, 0.2) is 287 Å². The van der Waals surface area contributed by atoms with Crippen molar-refractivity contribution in [1.82, 2.24) is 59.1 Å². The number of nitrogens with zero attached hydrogens (tertiary/aromatic N) is 12. The van der Waals surface area contributed by atoms with Gasteiger partial charge < -0.3 is 9.47 Å². The molecule has 4 N–H and O–H groups in total. The second-order valence-corrected chi connectivity index (χ2v) is 38.3. The van der Waals surface area contributed by atoms with E-state index in [9.17, 15) is 64.4 Å². The lowest BCUT2D eigenvalue weighted by Crippen LogP contribution is -2.17. The number of aryl methyl sites for hydroxylation is 1. The van der Waals surface area contributed by atoms with Gasteiger partial charge in [0.25, 0.3) is 52.9 Å². The first-order chi connectivity index (χ1) is 60.5. The Hall–Kier alpha value is -13.7. The van der Waals surface area contributed by atoms with E-state index in [1.165, 1.54) is 71.5 Å². The van der Waals surface area contributed by atoms with Gasteiger partial charge in [-0.3, -0.25) is 38.8 Å². The van der Waals surface area contributed by atoms with Crippen molar-refractivity contribution in [3.8, 4) is 34.2 Å². The lowest BCUT2D eigenvalue weighted by Gasteiger charge is -2.19. The third kappa shape index (κ3) is 21.5. The van der Waals surface area contributed by atoms with E-state index in [2.05, 4.69) is 80.0 Å². The highest BCUT2D eigenvalue weighted by atomic mass is 32.2. The zero-order valence-corrected chi connectivity index (χ0v) is 73.9. The number of fused-ring (bicyclic) bond motifs is 4. The Morgan fingerprint density at radius 1 is 0.367 bits per heavy atom. The molecule has 0 saturated carbocycles. The highest BCUT2D eigenvalue weighted by Crippen LogP contribution is 2.38. The van der Waals surface area contributed by atoms with Crippen LogP contribution >= 0.6 is 0 Å². The summed E-state index contributed by atoms with van der Waals surface area (Å²) in [6, 6.07) is 62.7. The zero-order chi connectivity index (χ0) is 92.0. The molecule has 37 heteroatoms. The fourth-order valence-corrected chi connectivity index (χ4v) is 17.4. The largest absolute Gasteiger partial charge is 0.491 e. The summed E-state index contributed by atoms with van der Waals surface area (Å²) >= 11 is 0. The van der Waals surface area contributed by atoms with Crippen molar-refractivity contribution in [3.63, 3.8) is 0 Å².